The van der Waals surface area contributed by atoms with Crippen LogP contribution in [0.3, 0.4) is 0 Å². The molecule has 3 N–H and O–H groups in total. The lowest BCUT2D eigenvalue weighted by molar-refractivity contribution is -0.143. The average Bonchev–Trinajstić information content (AvgIpc) is 3.20. The lowest BCUT2D eigenvalue weighted by Crippen LogP contribution is -2.54. The number of amides is 3. The Kier molecular flexibility index (Phi) is 4.40. The number of anilines is 1. The highest BCUT2D eigenvalue weighted by atomic mass is 79.9. The normalized spacial score (nSPS) is 32.8. The van der Waals surface area contributed by atoms with Crippen LogP contribution in [-0.4, -0.2) is 46.4 Å². The van der Waals surface area contributed by atoms with E-state index in [1.807, 2.05) is 13.0 Å². The molecule has 5 atom stereocenters. The Balaban J connectivity index is 1.86. The van der Waals surface area contributed by atoms with Crippen molar-refractivity contribution in [2.24, 2.45) is 11.8 Å². The molecule has 0 aromatic heterocycles. The molecule has 0 radical (unpaired) electrons. The van der Waals surface area contributed by atoms with E-state index in [1.165, 1.54) is 4.90 Å². The summed E-state index contributed by atoms with van der Waals surface area (Å²) in [5.74, 6) is -2.61. The number of unbranched alkanes of at least 4 members (excludes halogenated alkanes) is 1. The third kappa shape index (κ3) is 2.43. The number of aliphatic hydroxyl groups excluding tert-OH is 1. The molecule has 3 amide bonds. The summed E-state index contributed by atoms with van der Waals surface area (Å²) in [5, 5.41) is 16.3. The lowest BCUT2D eigenvalue weighted by atomic mass is 9.76. The van der Waals surface area contributed by atoms with E-state index in [-0.39, 0.29) is 17.7 Å². The van der Waals surface area contributed by atoms with Gasteiger partial charge < -0.3 is 10.4 Å². The van der Waals surface area contributed by atoms with Crippen LogP contribution in [0.1, 0.15) is 32.3 Å². The maximum absolute atomic E-state index is 13.3. The van der Waals surface area contributed by atoms with Gasteiger partial charge in [0.05, 0.1) is 17.9 Å². The number of carbonyl (C=O) groups is 3. The van der Waals surface area contributed by atoms with Crippen molar-refractivity contribution in [2.75, 3.05) is 11.9 Å². The van der Waals surface area contributed by atoms with Crippen LogP contribution >= 0.6 is 15.9 Å². The van der Waals surface area contributed by atoms with Gasteiger partial charge in [0, 0.05) is 28.3 Å². The van der Waals surface area contributed by atoms with E-state index in [1.54, 1.807) is 19.1 Å². The maximum atomic E-state index is 13.3. The van der Waals surface area contributed by atoms with Gasteiger partial charge in [-0.25, -0.2) is 0 Å². The highest BCUT2D eigenvalue weighted by Crippen LogP contribution is 2.53. The topological polar surface area (TPSA) is 98.7 Å². The molecule has 144 valence electrons. The molecule has 4 rings (SSSR count). The van der Waals surface area contributed by atoms with Crippen molar-refractivity contribution in [2.45, 2.75) is 44.4 Å². The maximum Gasteiger partial charge on any atom is 0.250 e. The smallest absolute Gasteiger partial charge is 0.250 e. The second-order valence-electron chi connectivity index (χ2n) is 7.55. The number of hydrogen-bond acceptors (Lipinski definition) is 5. The number of nitrogens with one attached hydrogen (secondary N) is 2. The number of imide groups is 1. The first-order valence-corrected chi connectivity index (χ1v) is 10.0. The molecule has 27 heavy (non-hydrogen) atoms. The van der Waals surface area contributed by atoms with Gasteiger partial charge in [-0.2, -0.15) is 0 Å². The molecule has 1 spiro atoms. The molecule has 8 heteroatoms. The second-order valence-corrected chi connectivity index (χ2v) is 8.46. The van der Waals surface area contributed by atoms with Crippen LogP contribution < -0.4 is 10.6 Å². The first-order chi connectivity index (χ1) is 12.8. The molecular weight excluding hydrogens is 414 g/mol. The number of aliphatic hydroxyl groups is 1. The third-order valence-corrected chi connectivity index (χ3v) is 6.45. The molecule has 3 aliphatic rings. The Morgan fingerprint density at radius 1 is 1.30 bits per heavy atom. The summed E-state index contributed by atoms with van der Waals surface area (Å²) in [6.45, 7) is 3.91. The Morgan fingerprint density at radius 3 is 2.70 bits per heavy atom. The number of hydrogen-bond donors (Lipinski definition) is 3. The molecule has 1 aromatic rings. The van der Waals surface area contributed by atoms with Crippen LogP contribution in [0.2, 0.25) is 0 Å². The van der Waals surface area contributed by atoms with E-state index in [2.05, 4.69) is 26.6 Å². The van der Waals surface area contributed by atoms with E-state index in [0.717, 1.165) is 10.9 Å². The summed E-state index contributed by atoms with van der Waals surface area (Å²) in [6.07, 6.45) is 0.681. The fourth-order valence-electron chi connectivity index (χ4n) is 4.71. The van der Waals surface area contributed by atoms with Gasteiger partial charge in [0.2, 0.25) is 17.7 Å². The largest absolute Gasteiger partial charge is 0.392 e. The third-order valence-electron chi connectivity index (χ3n) is 5.96. The molecular formula is C19H22BrN3O4. The molecule has 0 aliphatic carbocycles. The van der Waals surface area contributed by atoms with Crippen molar-refractivity contribution >= 4 is 39.3 Å². The van der Waals surface area contributed by atoms with Gasteiger partial charge in [-0.3, -0.25) is 24.6 Å². The Bertz CT molecular complexity index is 842. The first kappa shape index (κ1) is 18.6. The van der Waals surface area contributed by atoms with Gasteiger partial charge in [0.1, 0.15) is 5.54 Å². The van der Waals surface area contributed by atoms with E-state index in [0.29, 0.717) is 24.2 Å². The number of halogens is 1. The molecule has 1 aromatic carbocycles. The molecule has 0 bridgehead atoms. The fraction of sp³-hybridized carbons (Fsp3) is 0.526. The summed E-state index contributed by atoms with van der Waals surface area (Å²) >= 11 is 3.43. The van der Waals surface area contributed by atoms with Crippen LogP contribution in [-0.2, 0) is 19.9 Å². The molecule has 7 nitrogen and oxygen atoms in total. The van der Waals surface area contributed by atoms with E-state index in [4.69, 9.17) is 0 Å². The van der Waals surface area contributed by atoms with E-state index < -0.39 is 29.5 Å². The predicted octanol–water partition coefficient (Wildman–Crippen LogP) is 1.35. The molecule has 3 heterocycles. The van der Waals surface area contributed by atoms with Gasteiger partial charge in [-0.1, -0.05) is 29.3 Å². The number of rotatable bonds is 4. The summed E-state index contributed by atoms with van der Waals surface area (Å²) in [7, 11) is 0. The minimum Gasteiger partial charge on any atom is -0.392 e. The van der Waals surface area contributed by atoms with E-state index in [9.17, 15) is 19.5 Å². The molecule has 2 fully saturated rings. The van der Waals surface area contributed by atoms with Crippen molar-refractivity contribution in [3.05, 3.63) is 28.2 Å². The predicted molar refractivity (Wildman–Crippen MR) is 102 cm³/mol. The van der Waals surface area contributed by atoms with Crippen molar-refractivity contribution < 1.29 is 19.5 Å². The summed E-state index contributed by atoms with van der Waals surface area (Å²) in [5.41, 5.74) is -0.0921. The van der Waals surface area contributed by atoms with Crippen LogP contribution in [0.25, 0.3) is 0 Å². The van der Waals surface area contributed by atoms with E-state index >= 15 is 0 Å². The SMILES string of the molecule is CCCCN1C(=O)[C@@H]2[C@H]([C@H](C)O)N[C@]3(C(=O)Nc4ccc(Br)cc43)[C@@H]2C1=O. The van der Waals surface area contributed by atoms with Crippen LogP contribution in [0, 0.1) is 11.8 Å². The van der Waals surface area contributed by atoms with Crippen molar-refractivity contribution in [3.63, 3.8) is 0 Å². The van der Waals surface area contributed by atoms with Crippen molar-refractivity contribution in [3.8, 4) is 0 Å². The Morgan fingerprint density at radius 2 is 2.04 bits per heavy atom. The quantitative estimate of drug-likeness (QED) is 0.619. The Labute approximate surface area is 165 Å². The molecule has 3 aliphatic heterocycles. The Hall–Kier alpha value is -1.77. The van der Waals surface area contributed by atoms with Gasteiger partial charge in [-0.05, 0) is 31.5 Å². The minimum atomic E-state index is -1.35. The number of benzene rings is 1. The van der Waals surface area contributed by atoms with Gasteiger partial charge in [0.15, 0.2) is 0 Å². The zero-order valence-corrected chi connectivity index (χ0v) is 16.7. The molecule has 0 saturated carbocycles. The van der Waals surface area contributed by atoms with Crippen molar-refractivity contribution in [1.82, 2.24) is 10.2 Å². The standard InChI is InChI=1S/C19H22BrN3O4/c1-3-4-7-23-16(25)13-14(17(23)26)19(22-15(13)9(2)24)11-8-10(20)5-6-12(11)21-18(19)27/h5-6,8-9,13-15,22,24H,3-4,7H2,1-2H3,(H,21,27)/t9-,13-,14-,15-,19-/m0/s1. The lowest BCUT2D eigenvalue weighted by Gasteiger charge is -2.30. The van der Waals surface area contributed by atoms with Gasteiger partial charge >= 0.3 is 0 Å². The monoisotopic (exact) mass is 435 g/mol. The van der Waals surface area contributed by atoms with Crippen LogP contribution in [0.5, 0.6) is 0 Å². The fourth-order valence-corrected chi connectivity index (χ4v) is 5.08. The zero-order chi connectivity index (χ0) is 19.5. The summed E-state index contributed by atoms with van der Waals surface area (Å²) in [6, 6.07) is 4.71. The molecule has 2 saturated heterocycles. The molecule has 0 unspecified atom stereocenters. The van der Waals surface area contributed by atoms with Crippen molar-refractivity contribution in [1.29, 1.82) is 0 Å². The zero-order valence-electron chi connectivity index (χ0n) is 15.2. The average molecular weight is 436 g/mol. The number of carbonyl (C=O) groups excluding carboxylic acids is 3. The first-order valence-electron chi connectivity index (χ1n) is 9.25. The number of likely N-dealkylation sites (tertiary alicyclic amines) is 1. The van der Waals surface area contributed by atoms with Gasteiger partial charge in [0.25, 0.3) is 0 Å². The number of fused-ring (bicyclic) bond motifs is 4. The van der Waals surface area contributed by atoms with Crippen LogP contribution in [0.15, 0.2) is 22.7 Å². The van der Waals surface area contributed by atoms with Crippen LogP contribution in [0.4, 0.5) is 5.69 Å². The minimum absolute atomic E-state index is 0.301. The summed E-state index contributed by atoms with van der Waals surface area (Å²) in [4.78, 5) is 40.7. The second kappa shape index (κ2) is 6.39. The highest BCUT2D eigenvalue weighted by molar-refractivity contribution is 9.10. The highest BCUT2D eigenvalue weighted by Gasteiger charge is 2.70. The van der Waals surface area contributed by atoms with Gasteiger partial charge in [-0.15, -0.1) is 0 Å². The summed E-state index contributed by atoms with van der Waals surface area (Å²) < 4.78 is 0.774. The number of nitrogens with zero attached hydrogens (tertiary/aromatic N) is 1.